The maximum atomic E-state index is 12.0. The second-order valence-electron chi connectivity index (χ2n) is 7.27. The minimum Gasteiger partial charge on any atom is -0.507 e. The zero-order valence-corrected chi connectivity index (χ0v) is 17.2. The highest BCUT2D eigenvalue weighted by Gasteiger charge is 2.46. The van der Waals surface area contributed by atoms with E-state index in [0.29, 0.717) is 6.21 Å². The van der Waals surface area contributed by atoms with Gasteiger partial charge in [0.25, 0.3) is 5.91 Å². The largest absolute Gasteiger partial charge is 0.507 e. The van der Waals surface area contributed by atoms with Crippen LogP contribution in [0.5, 0.6) is 5.75 Å². The van der Waals surface area contributed by atoms with Crippen LogP contribution >= 0.6 is 0 Å². The van der Waals surface area contributed by atoms with Crippen molar-refractivity contribution in [2.45, 2.75) is 55.1 Å². The molecular formula is C19H28N2O12. The SMILES string of the molecule is O=C(N/N=C/[C@@H](O)[C@@H](O)[C@H](O[C@H]1O[C@H](CO)[C@@H](O)[C@@H](O)[C@H]1O)[C@H](O)CO)c1ccccc1O. The number of carbonyl (C=O) groups is 1. The molecule has 2 rings (SSSR count). The van der Waals surface area contributed by atoms with Crippen molar-refractivity contribution in [1.82, 2.24) is 5.43 Å². The van der Waals surface area contributed by atoms with Crippen molar-refractivity contribution in [1.29, 1.82) is 0 Å². The van der Waals surface area contributed by atoms with Gasteiger partial charge in [-0.15, -0.1) is 0 Å². The van der Waals surface area contributed by atoms with E-state index in [1.54, 1.807) is 0 Å². The summed E-state index contributed by atoms with van der Waals surface area (Å²) >= 11 is 0. The monoisotopic (exact) mass is 476 g/mol. The fourth-order valence-electron chi connectivity index (χ4n) is 3.02. The van der Waals surface area contributed by atoms with E-state index in [1.807, 2.05) is 5.43 Å². The number of nitrogens with one attached hydrogen (secondary N) is 1. The number of aromatic hydroxyl groups is 1. The highest BCUT2D eigenvalue weighted by atomic mass is 16.7. The lowest BCUT2D eigenvalue weighted by Crippen LogP contribution is -2.61. The first-order chi connectivity index (χ1) is 15.6. The molecule has 0 spiro atoms. The summed E-state index contributed by atoms with van der Waals surface area (Å²) in [6, 6.07) is 5.58. The first-order valence-corrected chi connectivity index (χ1v) is 9.84. The fourth-order valence-corrected chi connectivity index (χ4v) is 3.02. The van der Waals surface area contributed by atoms with Gasteiger partial charge in [0.05, 0.1) is 25.0 Å². The first kappa shape index (κ1) is 27.0. The summed E-state index contributed by atoms with van der Waals surface area (Å²) in [5.74, 6) is -1.14. The van der Waals surface area contributed by atoms with Crippen LogP contribution in [0.25, 0.3) is 0 Å². The van der Waals surface area contributed by atoms with Gasteiger partial charge in [-0.1, -0.05) is 12.1 Å². The molecule has 0 radical (unpaired) electrons. The number of carbonyl (C=O) groups excluding carboxylic acids is 1. The smallest absolute Gasteiger partial charge is 0.275 e. The number of aliphatic hydroxyl groups is 8. The molecule has 186 valence electrons. The van der Waals surface area contributed by atoms with E-state index in [9.17, 15) is 50.8 Å². The Morgan fingerprint density at radius 2 is 1.79 bits per heavy atom. The maximum absolute atomic E-state index is 12.0. The Morgan fingerprint density at radius 3 is 2.39 bits per heavy atom. The zero-order valence-electron chi connectivity index (χ0n) is 17.2. The molecule has 14 nitrogen and oxygen atoms in total. The van der Waals surface area contributed by atoms with Crippen molar-refractivity contribution in [3.63, 3.8) is 0 Å². The second-order valence-corrected chi connectivity index (χ2v) is 7.27. The summed E-state index contributed by atoms with van der Waals surface area (Å²) in [5.41, 5.74) is 1.91. The number of rotatable bonds is 10. The van der Waals surface area contributed by atoms with E-state index in [-0.39, 0.29) is 11.3 Å². The number of phenolic OH excluding ortho intramolecular Hbond substituents is 1. The van der Waals surface area contributed by atoms with Gasteiger partial charge >= 0.3 is 0 Å². The molecule has 9 atom stereocenters. The number of hydrogen-bond acceptors (Lipinski definition) is 13. The van der Waals surface area contributed by atoms with Crippen LogP contribution in [-0.2, 0) is 9.47 Å². The van der Waals surface area contributed by atoms with E-state index in [1.165, 1.54) is 24.3 Å². The molecule has 1 aromatic carbocycles. The average Bonchev–Trinajstić information content (AvgIpc) is 2.81. The standard InChI is InChI=1S/C19H28N2O12/c22-6-11(26)17(33-19-16(30)15(29)14(28)12(7-23)32-19)13(27)10(25)5-20-21-18(31)8-3-1-2-4-9(8)24/h1-5,10-17,19,22-30H,6-7H2,(H,21,31)/b20-5+/t10-,11-,12-,13-,14-,15-,16-,17-,19-/m1/s1. The summed E-state index contributed by atoms with van der Waals surface area (Å²) in [6.07, 6.45) is -15.3. The van der Waals surface area contributed by atoms with Crippen LogP contribution in [0.15, 0.2) is 29.4 Å². The molecule has 10 N–H and O–H groups in total. The molecule has 0 aliphatic carbocycles. The molecular weight excluding hydrogens is 448 g/mol. The van der Waals surface area contributed by atoms with Crippen molar-refractivity contribution in [2.24, 2.45) is 5.10 Å². The Morgan fingerprint density at radius 1 is 1.12 bits per heavy atom. The van der Waals surface area contributed by atoms with Gasteiger partial charge in [-0.3, -0.25) is 4.79 Å². The summed E-state index contributed by atoms with van der Waals surface area (Å²) in [7, 11) is 0. The van der Waals surface area contributed by atoms with Crippen LogP contribution in [0.1, 0.15) is 10.4 Å². The van der Waals surface area contributed by atoms with Crippen molar-refractivity contribution >= 4 is 12.1 Å². The van der Waals surface area contributed by atoms with Crippen LogP contribution in [-0.4, -0.2) is 126 Å². The number of hydrazone groups is 1. The molecule has 0 bridgehead atoms. The minimum atomic E-state index is -2.00. The highest BCUT2D eigenvalue weighted by Crippen LogP contribution is 2.25. The number of phenols is 1. The summed E-state index contributed by atoms with van der Waals surface area (Å²) in [5, 5.41) is 91.8. The van der Waals surface area contributed by atoms with Gasteiger partial charge in [-0.2, -0.15) is 5.10 Å². The van der Waals surface area contributed by atoms with Crippen LogP contribution in [0.3, 0.4) is 0 Å². The molecule has 0 unspecified atom stereocenters. The average molecular weight is 476 g/mol. The fraction of sp³-hybridized carbons (Fsp3) is 0.579. The molecule has 33 heavy (non-hydrogen) atoms. The third-order valence-corrected chi connectivity index (χ3v) is 4.93. The van der Waals surface area contributed by atoms with Gasteiger partial charge in [0, 0.05) is 0 Å². The molecule has 14 heteroatoms. The molecule has 0 aromatic heterocycles. The lowest BCUT2D eigenvalue weighted by Gasteiger charge is -2.42. The summed E-state index contributed by atoms with van der Waals surface area (Å²) < 4.78 is 10.4. The van der Waals surface area contributed by atoms with Crippen molar-refractivity contribution < 1.29 is 60.2 Å². The quantitative estimate of drug-likeness (QED) is 0.113. The highest BCUT2D eigenvalue weighted by molar-refractivity contribution is 5.96. The first-order valence-electron chi connectivity index (χ1n) is 9.84. The lowest BCUT2D eigenvalue weighted by atomic mass is 9.98. The predicted octanol–water partition coefficient (Wildman–Crippen LogP) is -4.63. The molecule has 1 fully saturated rings. The van der Waals surface area contributed by atoms with Crippen molar-refractivity contribution in [2.75, 3.05) is 13.2 Å². The Balaban J connectivity index is 2.06. The zero-order chi connectivity index (χ0) is 24.7. The third-order valence-electron chi connectivity index (χ3n) is 4.93. The summed E-state index contributed by atoms with van der Waals surface area (Å²) in [6.45, 7) is -1.71. The summed E-state index contributed by atoms with van der Waals surface area (Å²) in [4.78, 5) is 12.0. The normalized spacial score (nSPS) is 29.4. The van der Waals surface area contributed by atoms with Crippen molar-refractivity contribution in [3.05, 3.63) is 29.8 Å². The number of ether oxygens (including phenoxy) is 2. The Labute approximate surface area is 187 Å². The third kappa shape index (κ3) is 6.64. The molecule has 1 aliphatic rings. The van der Waals surface area contributed by atoms with Crippen LogP contribution in [0.2, 0.25) is 0 Å². The number of nitrogens with zero attached hydrogens (tertiary/aromatic N) is 1. The van der Waals surface area contributed by atoms with Crippen LogP contribution in [0, 0.1) is 0 Å². The van der Waals surface area contributed by atoms with E-state index in [0.717, 1.165) is 0 Å². The number of para-hydroxylation sites is 1. The number of hydrogen-bond donors (Lipinski definition) is 10. The van der Waals surface area contributed by atoms with Crippen LogP contribution in [0.4, 0.5) is 0 Å². The van der Waals surface area contributed by atoms with Gasteiger partial charge in [0.1, 0.15) is 54.6 Å². The number of aliphatic hydroxyl groups excluding tert-OH is 8. The molecule has 0 saturated carbocycles. The Kier molecular flexibility index (Phi) is 10.1. The molecule has 1 amide bonds. The van der Waals surface area contributed by atoms with E-state index in [4.69, 9.17) is 9.47 Å². The maximum Gasteiger partial charge on any atom is 0.275 e. The van der Waals surface area contributed by atoms with Gasteiger partial charge < -0.3 is 55.4 Å². The second kappa shape index (κ2) is 12.3. The molecule has 1 heterocycles. The van der Waals surface area contributed by atoms with E-state index in [2.05, 4.69) is 5.10 Å². The van der Waals surface area contributed by atoms with Crippen molar-refractivity contribution in [3.8, 4) is 5.75 Å². The molecule has 1 aromatic rings. The number of amides is 1. The van der Waals surface area contributed by atoms with Gasteiger partial charge in [0.15, 0.2) is 6.29 Å². The van der Waals surface area contributed by atoms with Gasteiger partial charge in [-0.05, 0) is 12.1 Å². The Bertz CT molecular complexity index is 794. The Hall–Kier alpha value is -2.24. The topological polar surface area (TPSA) is 242 Å². The predicted molar refractivity (Wildman–Crippen MR) is 108 cm³/mol. The molecule has 1 aliphatic heterocycles. The van der Waals surface area contributed by atoms with E-state index < -0.39 is 74.2 Å². The lowest BCUT2D eigenvalue weighted by molar-refractivity contribution is -0.326. The van der Waals surface area contributed by atoms with Crippen LogP contribution < -0.4 is 5.43 Å². The molecule has 1 saturated heterocycles. The minimum absolute atomic E-state index is 0.107. The van der Waals surface area contributed by atoms with Gasteiger partial charge in [0.2, 0.25) is 0 Å². The van der Waals surface area contributed by atoms with E-state index >= 15 is 0 Å². The van der Waals surface area contributed by atoms with Gasteiger partial charge in [-0.25, -0.2) is 5.43 Å². The number of benzene rings is 1.